The molecule has 0 aromatic heterocycles. The molecular weight excluding hydrogens is 146 g/mol. The Bertz CT molecular complexity index is 148. The van der Waals surface area contributed by atoms with Gasteiger partial charge in [0, 0.05) is 20.5 Å². The predicted octanol–water partition coefficient (Wildman–Crippen LogP) is 0.0383. The molecule has 11 heavy (non-hydrogen) atoms. The Labute approximate surface area is 66.4 Å². The molecule has 0 amide bonds. The first-order chi connectivity index (χ1) is 4.95. The van der Waals surface area contributed by atoms with Gasteiger partial charge in [-0.3, -0.25) is 0 Å². The second-order valence-electron chi connectivity index (χ2n) is 2.61. The number of nitrogens with zero attached hydrogens (tertiary/aromatic N) is 1. The SMILES string of the molecule is C/C(O)=C(/CC(O)O)N(C)C. The molecule has 0 aromatic rings. The van der Waals surface area contributed by atoms with Crippen LogP contribution in [0, 0.1) is 0 Å². The Morgan fingerprint density at radius 1 is 1.36 bits per heavy atom. The van der Waals surface area contributed by atoms with Crippen LogP contribution in [-0.2, 0) is 0 Å². The molecule has 0 radical (unpaired) electrons. The van der Waals surface area contributed by atoms with Crippen LogP contribution in [0.3, 0.4) is 0 Å². The van der Waals surface area contributed by atoms with E-state index in [-0.39, 0.29) is 12.2 Å². The third-order valence-corrected chi connectivity index (χ3v) is 1.33. The summed E-state index contributed by atoms with van der Waals surface area (Å²) in [5, 5.41) is 26.3. The van der Waals surface area contributed by atoms with E-state index in [0.29, 0.717) is 5.70 Å². The summed E-state index contributed by atoms with van der Waals surface area (Å²) >= 11 is 0. The van der Waals surface area contributed by atoms with Gasteiger partial charge in [0.1, 0.15) is 5.76 Å². The van der Waals surface area contributed by atoms with E-state index in [4.69, 9.17) is 15.3 Å². The third-order valence-electron chi connectivity index (χ3n) is 1.33. The normalized spacial score (nSPS) is 13.3. The molecule has 3 N–H and O–H groups in total. The van der Waals surface area contributed by atoms with E-state index in [1.807, 2.05) is 0 Å². The van der Waals surface area contributed by atoms with Gasteiger partial charge in [0.15, 0.2) is 6.29 Å². The van der Waals surface area contributed by atoms with E-state index in [9.17, 15) is 0 Å². The van der Waals surface area contributed by atoms with Gasteiger partial charge in [-0.25, -0.2) is 0 Å². The molecular formula is C7H15NO3. The summed E-state index contributed by atoms with van der Waals surface area (Å²) in [6.07, 6.45) is -1.36. The standard InChI is InChI=1S/C7H15NO3/c1-5(9)6(8(2)3)4-7(10)11/h7,9-11H,4H2,1-3H3/b6-5+. The van der Waals surface area contributed by atoms with Crippen LogP contribution >= 0.6 is 0 Å². The number of allylic oxidation sites excluding steroid dienone is 1. The minimum absolute atomic E-state index is 0.0509. The summed E-state index contributed by atoms with van der Waals surface area (Å²) in [6.45, 7) is 1.51. The van der Waals surface area contributed by atoms with Crippen molar-refractivity contribution < 1.29 is 15.3 Å². The highest BCUT2D eigenvalue weighted by Crippen LogP contribution is 2.10. The lowest BCUT2D eigenvalue weighted by Gasteiger charge is -2.18. The molecule has 0 aliphatic heterocycles. The first kappa shape index (κ1) is 10.3. The molecule has 0 saturated carbocycles. The Kier molecular flexibility index (Phi) is 3.92. The molecule has 0 atom stereocenters. The summed E-state index contributed by atoms with van der Waals surface area (Å²) in [5.41, 5.74) is 0.528. The van der Waals surface area contributed by atoms with Crippen LogP contribution in [0.5, 0.6) is 0 Å². The maximum atomic E-state index is 9.05. The number of hydrogen-bond donors (Lipinski definition) is 3. The van der Waals surface area contributed by atoms with E-state index in [0.717, 1.165) is 0 Å². The van der Waals surface area contributed by atoms with Gasteiger partial charge in [-0.1, -0.05) is 0 Å². The van der Waals surface area contributed by atoms with E-state index in [2.05, 4.69) is 0 Å². The van der Waals surface area contributed by atoms with Crippen LogP contribution in [0.1, 0.15) is 13.3 Å². The molecule has 0 spiro atoms. The Hall–Kier alpha value is -0.740. The molecule has 0 saturated heterocycles. The number of hydrogen-bond acceptors (Lipinski definition) is 4. The van der Waals surface area contributed by atoms with Gasteiger partial charge in [0.05, 0.1) is 5.70 Å². The number of rotatable bonds is 3. The molecule has 0 heterocycles. The van der Waals surface area contributed by atoms with Crippen molar-refractivity contribution in [3.8, 4) is 0 Å². The van der Waals surface area contributed by atoms with Crippen molar-refractivity contribution in [3.05, 3.63) is 11.5 Å². The Morgan fingerprint density at radius 2 is 1.82 bits per heavy atom. The van der Waals surface area contributed by atoms with Crippen molar-refractivity contribution in [2.24, 2.45) is 0 Å². The number of aliphatic hydroxyl groups is 3. The van der Waals surface area contributed by atoms with Crippen LogP contribution in [0.25, 0.3) is 0 Å². The average Bonchev–Trinajstić information content (AvgIpc) is 1.81. The summed E-state index contributed by atoms with van der Waals surface area (Å²) in [7, 11) is 3.47. The summed E-state index contributed by atoms with van der Waals surface area (Å²) in [5.74, 6) is 0.114. The van der Waals surface area contributed by atoms with Gasteiger partial charge in [-0.05, 0) is 6.92 Å². The topological polar surface area (TPSA) is 63.9 Å². The minimum Gasteiger partial charge on any atom is -0.511 e. The van der Waals surface area contributed by atoms with Crippen molar-refractivity contribution in [2.45, 2.75) is 19.6 Å². The van der Waals surface area contributed by atoms with E-state index in [1.54, 1.807) is 19.0 Å². The zero-order chi connectivity index (χ0) is 9.02. The molecule has 66 valence electrons. The lowest BCUT2D eigenvalue weighted by atomic mass is 10.2. The lowest BCUT2D eigenvalue weighted by molar-refractivity contribution is -0.0422. The zero-order valence-corrected chi connectivity index (χ0v) is 7.07. The predicted molar refractivity (Wildman–Crippen MR) is 41.9 cm³/mol. The summed E-state index contributed by atoms with van der Waals surface area (Å²) in [6, 6.07) is 0. The second-order valence-corrected chi connectivity index (χ2v) is 2.61. The lowest BCUT2D eigenvalue weighted by Crippen LogP contribution is -2.18. The molecule has 0 aromatic carbocycles. The molecule has 0 aliphatic carbocycles. The van der Waals surface area contributed by atoms with Crippen LogP contribution in [-0.4, -0.2) is 40.6 Å². The van der Waals surface area contributed by atoms with E-state index < -0.39 is 6.29 Å². The summed E-state index contributed by atoms with van der Waals surface area (Å²) in [4.78, 5) is 1.65. The van der Waals surface area contributed by atoms with Crippen molar-refractivity contribution in [1.82, 2.24) is 4.90 Å². The van der Waals surface area contributed by atoms with Gasteiger partial charge in [0.25, 0.3) is 0 Å². The monoisotopic (exact) mass is 161 g/mol. The van der Waals surface area contributed by atoms with Gasteiger partial charge < -0.3 is 20.2 Å². The highest BCUT2D eigenvalue weighted by Gasteiger charge is 2.08. The van der Waals surface area contributed by atoms with Crippen LogP contribution in [0.15, 0.2) is 11.5 Å². The first-order valence-electron chi connectivity index (χ1n) is 3.37. The van der Waals surface area contributed by atoms with Gasteiger partial charge in [-0.15, -0.1) is 0 Å². The minimum atomic E-state index is -1.41. The van der Waals surface area contributed by atoms with Crippen molar-refractivity contribution in [1.29, 1.82) is 0 Å². The quantitative estimate of drug-likeness (QED) is 0.404. The maximum absolute atomic E-state index is 9.05. The molecule has 0 bridgehead atoms. The fraction of sp³-hybridized carbons (Fsp3) is 0.714. The third kappa shape index (κ3) is 3.85. The Balaban J connectivity index is 4.26. The van der Waals surface area contributed by atoms with Crippen LogP contribution in [0.2, 0.25) is 0 Å². The highest BCUT2D eigenvalue weighted by molar-refractivity contribution is 5.03. The van der Waals surface area contributed by atoms with Crippen LogP contribution in [0.4, 0.5) is 0 Å². The maximum Gasteiger partial charge on any atom is 0.157 e. The van der Waals surface area contributed by atoms with Crippen LogP contribution < -0.4 is 0 Å². The Morgan fingerprint density at radius 3 is 1.91 bits per heavy atom. The van der Waals surface area contributed by atoms with Crippen molar-refractivity contribution in [3.63, 3.8) is 0 Å². The average molecular weight is 161 g/mol. The smallest absolute Gasteiger partial charge is 0.157 e. The molecule has 0 fully saturated rings. The zero-order valence-electron chi connectivity index (χ0n) is 7.07. The van der Waals surface area contributed by atoms with Gasteiger partial charge in [0.2, 0.25) is 0 Å². The second kappa shape index (κ2) is 4.20. The molecule has 4 nitrogen and oxygen atoms in total. The first-order valence-corrected chi connectivity index (χ1v) is 3.37. The molecule has 0 rings (SSSR count). The van der Waals surface area contributed by atoms with Gasteiger partial charge in [-0.2, -0.15) is 0 Å². The molecule has 4 heteroatoms. The van der Waals surface area contributed by atoms with Crippen molar-refractivity contribution >= 4 is 0 Å². The van der Waals surface area contributed by atoms with Crippen molar-refractivity contribution in [2.75, 3.05) is 14.1 Å². The number of aliphatic hydroxyl groups excluding tert-OH is 2. The molecule has 0 unspecified atom stereocenters. The van der Waals surface area contributed by atoms with Gasteiger partial charge >= 0.3 is 0 Å². The molecule has 0 aliphatic rings. The van der Waals surface area contributed by atoms with E-state index in [1.165, 1.54) is 6.92 Å². The largest absolute Gasteiger partial charge is 0.511 e. The fourth-order valence-electron chi connectivity index (χ4n) is 0.827. The summed E-state index contributed by atoms with van der Waals surface area (Å²) < 4.78 is 0. The van der Waals surface area contributed by atoms with E-state index >= 15 is 0 Å². The highest BCUT2D eigenvalue weighted by atomic mass is 16.5. The fourth-order valence-corrected chi connectivity index (χ4v) is 0.827.